The van der Waals surface area contributed by atoms with Crippen molar-refractivity contribution in [2.45, 2.75) is 50.8 Å². The molecule has 1 amide bonds. The molecule has 2 heterocycles. The summed E-state index contributed by atoms with van der Waals surface area (Å²) in [5.74, 6) is 0.530. The van der Waals surface area contributed by atoms with Crippen LogP contribution in [0.25, 0.3) is 0 Å². The maximum absolute atomic E-state index is 12.6. The highest BCUT2D eigenvalue weighted by Gasteiger charge is 2.21. The molecule has 0 saturated carbocycles. The average Bonchev–Trinajstić information content (AvgIpc) is 3.12. The number of hydrogen-bond acceptors (Lipinski definition) is 4. The average molecular weight is 451 g/mol. The number of amides is 1. The summed E-state index contributed by atoms with van der Waals surface area (Å²) in [7, 11) is 0. The molecule has 1 N–H and O–H groups in total. The number of carbonyl (C=O) groups is 1. The second-order valence-electron chi connectivity index (χ2n) is 7.61. The molecule has 0 saturated heterocycles. The van der Waals surface area contributed by atoms with E-state index < -0.39 is 0 Å². The number of benzene rings is 2. The van der Waals surface area contributed by atoms with Gasteiger partial charge in [-0.05, 0) is 60.5 Å². The summed E-state index contributed by atoms with van der Waals surface area (Å²) in [5.41, 5.74) is 4.86. The van der Waals surface area contributed by atoms with Crippen LogP contribution in [-0.2, 0) is 0 Å². The Bertz CT molecular complexity index is 1080. The van der Waals surface area contributed by atoms with Gasteiger partial charge in [0.1, 0.15) is 0 Å². The van der Waals surface area contributed by atoms with Crippen LogP contribution in [0.4, 0.5) is 5.69 Å². The maximum atomic E-state index is 12.6. The maximum Gasteiger partial charge on any atom is 0.251 e. The fourth-order valence-corrected chi connectivity index (χ4v) is 5.18. The Morgan fingerprint density at radius 3 is 2.55 bits per heavy atom. The first kappa shape index (κ1) is 23.3. The van der Waals surface area contributed by atoms with E-state index in [0.717, 1.165) is 28.3 Å². The standard InChI is InChI=1S/C24H24N2OS2.C2H6/c1-15(2)10-12-25-24(27)17-8-9-21-19(14-17)26-22(23-16(3)11-13-28-23)18-6-4-5-7-20(18)29-21;1-2/h4-9,11,13-15H,10,12H2,1-3H3,(H,25,27);1-2H3. The third-order valence-electron chi connectivity index (χ3n) is 4.90. The molecule has 0 bridgehead atoms. The summed E-state index contributed by atoms with van der Waals surface area (Å²) in [6.07, 6.45) is 0.974. The van der Waals surface area contributed by atoms with E-state index in [-0.39, 0.29) is 5.91 Å². The topological polar surface area (TPSA) is 41.5 Å². The highest BCUT2D eigenvalue weighted by Crippen LogP contribution is 2.42. The number of thiophene rings is 1. The Balaban J connectivity index is 0.00000132. The first-order valence-corrected chi connectivity index (χ1v) is 12.5. The van der Waals surface area contributed by atoms with Gasteiger partial charge in [-0.3, -0.25) is 4.79 Å². The van der Waals surface area contributed by atoms with Gasteiger partial charge in [-0.15, -0.1) is 11.3 Å². The van der Waals surface area contributed by atoms with E-state index >= 15 is 0 Å². The molecule has 1 aliphatic rings. The summed E-state index contributed by atoms with van der Waals surface area (Å²) < 4.78 is 0. The van der Waals surface area contributed by atoms with Crippen molar-refractivity contribution >= 4 is 40.4 Å². The molecule has 162 valence electrons. The molecule has 1 aromatic heterocycles. The number of aryl methyl sites for hydroxylation is 1. The first-order chi connectivity index (χ1) is 15.0. The number of nitrogens with one attached hydrogen (secondary N) is 1. The number of carbonyl (C=O) groups excluding carboxylic acids is 1. The minimum atomic E-state index is -0.0377. The number of hydrogen-bond donors (Lipinski definition) is 1. The Kier molecular flexibility index (Phi) is 8.10. The summed E-state index contributed by atoms with van der Waals surface area (Å²) >= 11 is 3.42. The predicted molar refractivity (Wildman–Crippen MR) is 134 cm³/mol. The first-order valence-electron chi connectivity index (χ1n) is 10.9. The molecule has 0 fully saturated rings. The van der Waals surface area contributed by atoms with Crippen LogP contribution in [0.15, 0.2) is 68.7 Å². The van der Waals surface area contributed by atoms with Crippen molar-refractivity contribution in [3.8, 4) is 0 Å². The molecule has 3 aromatic rings. The number of nitrogens with zero attached hydrogens (tertiary/aromatic N) is 1. The second kappa shape index (κ2) is 10.8. The Morgan fingerprint density at radius 1 is 1.06 bits per heavy atom. The van der Waals surface area contributed by atoms with Gasteiger partial charge >= 0.3 is 0 Å². The lowest BCUT2D eigenvalue weighted by Crippen LogP contribution is -2.25. The quantitative estimate of drug-likeness (QED) is 0.342. The number of rotatable bonds is 5. The van der Waals surface area contributed by atoms with E-state index in [0.29, 0.717) is 18.0 Å². The molecule has 0 spiro atoms. The van der Waals surface area contributed by atoms with Gasteiger partial charge in [0.2, 0.25) is 0 Å². The van der Waals surface area contributed by atoms with Gasteiger partial charge in [0.25, 0.3) is 5.91 Å². The summed E-state index contributed by atoms with van der Waals surface area (Å²) in [5, 5.41) is 5.13. The zero-order chi connectivity index (χ0) is 22.4. The third kappa shape index (κ3) is 5.46. The van der Waals surface area contributed by atoms with Crippen molar-refractivity contribution in [2.75, 3.05) is 6.54 Å². The molecule has 0 radical (unpaired) electrons. The van der Waals surface area contributed by atoms with E-state index in [1.165, 1.54) is 15.3 Å². The van der Waals surface area contributed by atoms with E-state index in [1.54, 1.807) is 23.1 Å². The fourth-order valence-electron chi connectivity index (χ4n) is 3.25. The van der Waals surface area contributed by atoms with Crippen molar-refractivity contribution in [2.24, 2.45) is 10.9 Å². The normalized spacial score (nSPS) is 12.1. The molecular formula is C26H30N2OS2. The van der Waals surface area contributed by atoms with Crippen LogP contribution in [0.5, 0.6) is 0 Å². The zero-order valence-electron chi connectivity index (χ0n) is 18.9. The molecule has 0 unspecified atom stereocenters. The Hall–Kier alpha value is -2.37. The van der Waals surface area contributed by atoms with Crippen LogP contribution in [0, 0.1) is 12.8 Å². The van der Waals surface area contributed by atoms with Gasteiger partial charge < -0.3 is 5.32 Å². The van der Waals surface area contributed by atoms with Crippen LogP contribution in [0.2, 0.25) is 0 Å². The number of fused-ring (bicyclic) bond motifs is 2. The van der Waals surface area contributed by atoms with Crippen LogP contribution < -0.4 is 5.32 Å². The van der Waals surface area contributed by atoms with Gasteiger partial charge in [0.05, 0.1) is 16.3 Å². The Labute approximate surface area is 194 Å². The second-order valence-corrected chi connectivity index (χ2v) is 9.61. The zero-order valence-corrected chi connectivity index (χ0v) is 20.5. The third-order valence-corrected chi connectivity index (χ3v) is 7.06. The number of aliphatic imine (C=N–C) groups is 1. The lowest BCUT2D eigenvalue weighted by atomic mass is 10.1. The highest BCUT2D eigenvalue weighted by atomic mass is 32.2. The fraction of sp³-hybridized carbons (Fsp3) is 0.308. The van der Waals surface area contributed by atoms with E-state index in [4.69, 9.17) is 4.99 Å². The van der Waals surface area contributed by atoms with Gasteiger partial charge in [0, 0.05) is 27.5 Å². The molecule has 3 nitrogen and oxygen atoms in total. The molecule has 0 aliphatic carbocycles. The molecule has 1 aliphatic heterocycles. The monoisotopic (exact) mass is 450 g/mol. The van der Waals surface area contributed by atoms with E-state index in [9.17, 15) is 4.79 Å². The largest absolute Gasteiger partial charge is 0.352 e. The molecule has 5 heteroatoms. The van der Waals surface area contributed by atoms with Crippen molar-refractivity contribution in [3.63, 3.8) is 0 Å². The lowest BCUT2D eigenvalue weighted by Gasteiger charge is -2.09. The minimum absolute atomic E-state index is 0.0377. The van der Waals surface area contributed by atoms with Gasteiger partial charge in [-0.2, -0.15) is 0 Å². The molecule has 4 rings (SSSR count). The molecule has 2 aromatic carbocycles. The van der Waals surface area contributed by atoms with Crippen LogP contribution in [0.1, 0.15) is 60.5 Å². The smallest absolute Gasteiger partial charge is 0.251 e. The van der Waals surface area contributed by atoms with Crippen LogP contribution in [0.3, 0.4) is 0 Å². The minimum Gasteiger partial charge on any atom is -0.352 e. The van der Waals surface area contributed by atoms with Crippen molar-refractivity contribution < 1.29 is 4.79 Å². The Morgan fingerprint density at radius 2 is 1.84 bits per heavy atom. The van der Waals surface area contributed by atoms with Crippen LogP contribution >= 0.6 is 23.1 Å². The SMILES string of the molecule is CC.Cc1ccsc1C1=Nc2cc(C(=O)NCCC(C)C)ccc2Sc2ccccc21. The molecule has 0 atom stereocenters. The predicted octanol–water partition coefficient (Wildman–Crippen LogP) is 7.49. The summed E-state index contributed by atoms with van der Waals surface area (Å²) in [6.45, 7) is 11.1. The van der Waals surface area contributed by atoms with Crippen molar-refractivity contribution in [1.29, 1.82) is 0 Å². The highest BCUT2D eigenvalue weighted by molar-refractivity contribution is 7.99. The summed E-state index contributed by atoms with van der Waals surface area (Å²) in [4.78, 5) is 21.1. The lowest BCUT2D eigenvalue weighted by molar-refractivity contribution is 0.0952. The summed E-state index contributed by atoms with van der Waals surface area (Å²) in [6, 6.07) is 16.3. The van der Waals surface area contributed by atoms with E-state index in [1.807, 2.05) is 32.0 Å². The van der Waals surface area contributed by atoms with Crippen molar-refractivity contribution in [1.82, 2.24) is 5.32 Å². The van der Waals surface area contributed by atoms with Crippen LogP contribution in [-0.4, -0.2) is 18.2 Å². The molecule has 31 heavy (non-hydrogen) atoms. The van der Waals surface area contributed by atoms with Crippen molar-refractivity contribution in [3.05, 3.63) is 75.5 Å². The molecular weight excluding hydrogens is 420 g/mol. The van der Waals surface area contributed by atoms with Gasteiger partial charge in [-0.25, -0.2) is 4.99 Å². The van der Waals surface area contributed by atoms with Gasteiger partial charge in [0.15, 0.2) is 0 Å². The van der Waals surface area contributed by atoms with E-state index in [2.05, 4.69) is 61.8 Å². The van der Waals surface area contributed by atoms with Gasteiger partial charge in [-0.1, -0.05) is 57.7 Å².